The third kappa shape index (κ3) is 3.11. The summed E-state index contributed by atoms with van der Waals surface area (Å²) in [6.07, 6.45) is 5.69. The summed E-state index contributed by atoms with van der Waals surface area (Å²) in [6, 6.07) is 13.3. The predicted molar refractivity (Wildman–Crippen MR) is 69.6 cm³/mol. The van der Waals surface area contributed by atoms with Crippen molar-refractivity contribution in [3.63, 3.8) is 0 Å². The van der Waals surface area contributed by atoms with E-state index in [2.05, 4.69) is 4.98 Å². The zero-order valence-corrected chi connectivity index (χ0v) is 9.63. The van der Waals surface area contributed by atoms with Gasteiger partial charge in [0.05, 0.1) is 5.69 Å². The molecule has 0 aliphatic carbocycles. The number of hydrogen-bond acceptors (Lipinski definition) is 2. The van der Waals surface area contributed by atoms with E-state index in [0.717, 1.165) is 16.8 Å². The first-order valence-corrected chi connectivity index (χ1v) is 5.46. The molecule has 2 nitrogen and oxygen atoms in total. The Labute approximate surface area is 101 Å². The van der Waals surface area contributed by atoms with E-state index in [4.69, 9.17) is 0 Å². The second-order valence-corrected chi connectivity index (χ2v) is 3.77. The van der Waals surface area contributed by atoms with E-state index >= 15 is 0 Å². The van der Waals surface area contributed by atoms with Crippen molar-refractivity contribution in [3.8, 4) is 0 Å². The summed E-state index contributed by atoms with van der Waals surface area (Å²) in [5, 5.41) is 0. The maximum Gasteiger partial charge on any atom is 0.159 e. The van der Waals surface area contributed by atoms with Gasteiger partial charge < -0.3 is 0 Å². The Kier molecular flexibility index (Phi) is 3.46. The number of pyridine rings is 1. The van der Waals surface area contributed by atoms with E-state index in [0.29, 0.717) is 0 Å². The lowest BCUT2D eigenvalue weighted by Crippen LogP contribution is -1.90. The Morgan fingerprint density at radius 2 is 1.82 bits per heavy atom. The monoisotopic (exact) mass is 223 g/mol. The molecular formula is C15H13NO. The summed E-state index contributed by atoms with van der Waals surface area (Å²) in [6.45, 7) is 1.57. The van der Waals surface area contributed by atoms with Crippen LogP contribution in [-0.2, 0) is 0 Å². The van der Waals surface area contributed by atoms with E-state index in [1.165, 1.54) is 0 Å². The topological polar surface area (TPSA) is 30.0 Å². The summed E-state index contributed by atoms with van der Waals surface area (Å²) in [4.78, 5) is 15.3. The molecule has 0 aliphatic heterocycles. The average molecular weight is 223 g/mol. The van der Waals surface area contributed by atoms with Gasteiger partial charge in [-0.2, -0.15) is 0 Å². The molecule has 0 N–H and O–H groups in total. The van der Waals surface area contributed by atoms with Crippen LogP contribution in [-0.4, -0.2) is 10.8 Å². The number of benzene rings is 1. The summed E-state index contributed by atoms with van der Waals surface area (Å²) in [5.74, 6) is 0.0882. The maximum atomic E-state index is 11.1. The lowest BCUT2D eigenvalue weighted by Gasteiger charge is -1.96. The predicted octanol–water partition coefficient (Wildman–Crippen LogP) is 3.45. The molecule has 2 aromatic rings. The van der Waals surface area contributed by atoms with Crippen LogP contribution in [0, 0.1) is 0 Å². The van der Waals surface area contributed by atoms with Gasteiger partial charge in [0.15, 0.2) is 5.78 Å². The highest BCUT2D eigenvalue weighted by molar-refractivity contribution is 5.94. The Bertz CT molecular complexity index is 527. The number of hydrogen-bond donors (Lipinski definition) is 0. The molecule has 0 spiro atoms. The highest BCUT2D eigenvalue weighted by Crippen LogP contribution is 2.08. The van der Waals surface area contributed by atoms with Crippen LogP contribution in [0.2, 0.25) is 0 Å². The number of carbonyl (C=O) groups excluding carboxylic acids is 1. The van der Waals surface area contributed by atoms with E-state index in [9.17, 15) is 4.79 Å². The van der Waals surface area contributed by atoms with Crippen molar-refractivity contribution in [2.75, 3.05) is 0 Å². The van der Waals surface area contributed by atoms with E-state index in [1.807, 2.05) is 54.6 Å². The fourth-order valence-electron chi connectivity index (χ4n) is 1.49. The zero-order chi connectivity index (χ0) is 12.1. The molecule has 0 saturated heterocycles. The number of Topliss-reactive ketones (excluding diaryl/α,β-unsaturated/α-hetero) is 1. The quantitative estimate of drug-likeness (QED) is 0.746. The van der Waals surface area contributed by atoms with Gasteiger partial charge in [-0.05, 0) is 30.7 Å². The first-order chi connectivity index (χ1) is 8.25. The lowest BCUT2D eigenvalue weighted by atomic mass is 10.1. The number of ketones is 1. The first kappa shape index (κ1) is 11.3. The van der Waals surface area contributed by atoms with Crippen LogP contribution in [0.4, 0.5) is 0 Å². The third-order valence-corrected chi connectivity index (χ3v) is 2.45. The first-order valence-electron chi connectivity index (χ1n) is 5.46. The van der Waals surface area contributed by atoms with Gasteiger partial charge in [0.25, 0.3) is 0 Å². The minimum atomic E-state index is 0.0882. The van der Waals surface area contributed by atoms with Gasteiger partial charge in [-0.15, -0.1) is 0 Å². The lowest BCUT2D eigenvalue weighted by molar-refractivity contribution is 0.101. The van der Waals surface area contributed by atoms with Crippen LogP contribution in [0.3, 0.4) is 0 Å². The van der Waals surface area contributed by atoms with Crippen molar-refractivity contribution in [2.24, 2.45) is 0 Å². The minimum Gasteiger partial charge on any atom is -0.295 e. The van der Waals surface area contributed by atoms with Crippen LogP contribution in [0.5, 0.6) is 0 Å². The van der Waals surface area contributed by atoms with Crippen molar-refractivity contribution >= 4 is 17.9 Å². The molecule has 0 bridgehead atoms. The molecule has 0 atom stereocenters. The van der Waals surface area contributed by atoms with Crippen LogP contribution in [0.15, 0.2) is 48.7 Å². The van der Waals surface area contributed by atoms with Gasteiger partial charge in [0.2, 0.25) is 0 Å². The van der Waals surface area contributed by atoms with Gasteiger partial charge in [0, 0.05) is 11.8 Å². The van der Waals surface area contributed by atoms with Gasteiger partial charge in [-0.3, -0.25) is 9.78 Å². The smallest absolute Gasteiger partial charge is 0.159 e. The van der Waals surface area contributed by atoms with Crippen molar-refractivity contribution in [2.45, 2.75) is 6.92 Å². The van der Waals surface area contributed by atoms with Crippen LogP contribution < -0.4 is 0 Å². The third-order valence-electron chi connectivity index (χ3n) is 2.45. The fourth-order valence-corrected chi connectivity index (χ4v) is 1.49. The van der Waals surface area contributed by atoms with Crippen molar-refractivity contribution < 1.29 is 4.79 Å². The highest BCUT2D eigenvalue weighted by atomic mass is 16.1. The van der Waals surface area contributed by atoms with Crippen molar-refractivity contribution in [3.05, 3.63) is 65.5 Å². The molecular weight excluding hydrogens is 210 g/mol. The fraction of sp³-hybridized carbons (Fsp3) is 0.0667. The molecule has 1 heterocycles. The zero-order valence-electron chi connectivity index (χ0n) is 9.63. The van der Waals surface area contributed by atoms with E-state index < -0.39 is 0 Å². The van der Waals surface area contributed by atoms with E-state index in [1.54, 1.807) is 13.1 Å². The number of carbonyl (C=O) groups is 1. The molecule has 0 radical (unpaired) electrons. The van der Waals surface area contributed by atoms with Gasteiger partial charge in [0.1, 0.15) is 0 Å². The second kappa shape index (κ2) is 5.21. The average Bonchev–Trinajstić information content (AvgIpc) is 2.38. The standard InChI is InChI=1S/C15H13NO/c1-12(17)14-8-5-13(6-9-14)7-10-15-4-2-3-11-16-15/h2-11H,1H3. The molecule has 2 heteroatoms. The van der Waals surface area contributed by atoms with Crippen molar-refractivity contribution in [1.29, 1.82) is 0 Å². The SMILES string of the molecule is CC(=O)c1ccc(C=Cc2ccccn2)cc1. The van der Waals surface area contributed by atoms with Crippen LogP contribution in [0.1, 0.15) is 28.5 Å². The molecule has 84 valence electrons. The van der Waals surface area contributed by atoms with E-state index in [-0.39, 0.29) is 5.78 Å². The highest BCUT2D eigenvalue weighted by Gasteiger charge is 1.96. The Hall–Kier alpha value is -2.22. The summed E-state index contributed by atoms with van der Waals surface area (Å²) < 4.78 is 0. The largest absolute Gasteiger partial charge is 0.295 e. The molecule has 17 heavy (non-hydrogen) atoms. The molecule has 0 aliphatic rings. The normalized spacial score (nSPS) is 10.6. The minimum absolute atomic E-state index is 0.0882. The molecule has 0 amide bonds. The van der Waals surface area contributed by atoms with Gasteiger partial charge in [-0.1, -0.05) is 36.4 Å². The summed E-state index contributed by atoms with van der Waals surface area (Å²) >= 11 is 0. The van der Waals surface area contributed by atoms with Crippen LogP contribution >= 0.6 is 0 Å². The molecule has 1 aromatic carbocycles. The summed E-state index contributed by atoms with van der Waals surface area (Å²) in [7, 11) is 0. The summed E-state index contributed by atoms with van der Waals surface area (Å²) in [5.41, 5.74) is 2.71. The molecule has 0 unspecified atom stereocenters. The van der Waals surface area contributed by atoms with Gasteiger partial charge in [-0.25, -0.2) is 0 Å². The Morgan fingerprint density at radius 1 is 1.06 bits per heavy atom. The van der Waals surface area contributed by atoms with Gasteiger partial charge >= 0.3 is 0 Å². The maximum absolute atomic E-state index is 11.1. The molecule has 1 aromatic heterocycles. The molecule has 0 saturated carbocycles. The Morgan fingerprint density at radius 3 is 2.41 bits per heavy atom. The number of nitrogens with zero attached hydrogens (tertiary/aromatic N) is 1. The van der Waals surface area contributed by atoms with Crippen molar-refractivity contribution in [1.82, 2.24) is 4.98 Å². The molecule has 0 fully saturated rings. The number of rotatable bonds is 3. The molecule has 2 rings (SSSR count). The van der Waals surface area contributed by atoms with Crippen LogP contribution in [0.25, 0.3) is 12.2 Å². The second-order valence-electron chi connectivity index (χ2n) is 3.77. The Balaban J connectivity index is 2.14. The number of aromatic nitrogens is 1.